The van der Waals surface area contributed by atoms with Crippen LogP contribution in [0.15, 0.2) is 6.07 Å². The Bertz CT molecular complexity index is 396. The van der Waals surface area contributed by atoms with Crippen molar-refractivity contribution in [1.29, 1.82) is 0 Å². The van der Waals surface area contributed by atoms with Crippen LogP contribution >= 0.6 is 11.8 Å². The van der Waals surface area contributed by atoms with Crippen molar-refractivity contribution < 1.29 is 4.74 Å². The summed E-state index contributed by atoms with van der Waals surface area (Å²) in [5.74, 6) is 5.23. The molecule has 0 spiro atoms. The number of thioether (sulfide) groups is 1. The Morgan fingerprint density at radius 2 is 2.21 bits per heavy atom. The van der Waals surface area contributed by atoms with Crippen LogP contribution in [0.1, 0.15) is 25.6 Å². The molecule has 2 rings (SSSR count). The van der Waals surface area contributed by atoms with Crippen molar-refractivity contribution in [3.05, 3.63) is 11.9 Å². The summed E-state index contributed by atoms with van der Waals surface area (Å²) >= 11 is 2.04. The van der Waals surface area contributed by atoms with E-state index in [4.69, 9.17) is 10.5 Å². The second-order valence-electron chi connectivity index (χ2n) is 4.67. The number of rotatable bonds is 6. The van der Waals surface area contributed by atoms with Crippen LogP contribution in [0.5, 0.6) is 0 Å². The summed E-state index contributed by atoms with van der Waals surface area (Å²) in [6.07, 6.45) is 2.56. The van der Waals surface area contributed by atoms with Crippen molar-refractivity contribution in [2.45, 2.75) is 26.4 Å². The summed E-state index contributed by atoms with van der Waals surface area (Å²) in [4.78, 5) is 8.59. The van der Waals surface area contributed by atoms with Crippen molar-refractivity contribution >= 4 is 23.4 Å². The number of aromatic nitrogens is 2. The molecule has 5 nitrogen and oxygen atoms in total. The Labute approximate surface area is 118 Å². The van der Waals surface area contributed by atoms with E-state index in [1.165, 1.54) is 24.3 Å². The smallest absolute Gasteiger partial charge is 0.158 e. The normalized spacial score (nSPS) is 16.5. The molecule has 19 heavy (non-hydrogen) atoms. The van der Waals surface area contributed by atoms with Crippen molar-refractivity contribution in [3.63, 3.8) is 0 Å². The van der Waals surface area contributed by atoms with Crippen LogP contribution < -0.4 is 11.1 Å². The molecule has 0 radical (unpaired) electrons. The summed E-state index contributed by atoms with van der Waals surface area (Å²) in [6, 6.07) is 1.78. The van der Waals surface area contributed by atoms with Gasteiger partial charge < -0.3 is 15.8 Å². The first-order valence-corrected chi connectivity index (χ1v) is 7.96. The van der Waals surface area contributed by atoms with Gasteiger partial charge in [-0.25, -0.2) is 9.97 Å². The number of anilines is 2. The Kier molecular flexibility index (Phi) is 5.72. The minimum Gasteiger partial charge on any atom is -0.384 e. The third kappa shape index (κ3) is 4.87. The zero-order valence-electron chi connectivity index (χ0n) is 11.4. The van der Waals surface area contributed by atoms with E-state index in [0.717, 1.165) is 18.3 Å². The number of hydrogen-bond acceptors (Lipinski definition) is 6. The fourth-order valence-corrected chi connectivity index (χ4v) is 3.27. The molecule has 1 aliphatic rings. The average Bonchev–Trinajstić information content (AvgIpc) is 2.43. The number of nitrogens with zero attached hydrogens (tertiary/aromatic N) is 2. The summed E-state index contributed by atoms with van der Waals surface area (Å²) < 4.78 is 5.31. The van der Waals surface area contributed by atoms with Gasteiger partial charge in [-0.3, -0.25) is 0 Å². The molecule has 1 saturated heterocycles. The maximum absolute atomic E-state index is 5.79. The first-order valence-electron chi connectivity index (χ1n) is 6.80. The number of hydrogen-bond donors (Lipinski definition) is 2. The third-order valence-electron chi connectivity index (χ3n) is 3.14. The summed E-state index contributed by atoms with van der Waals surface area (Å²) in [5, 5.41) is 3.38. The van der Waals surface area contributed by atoms with Gasteiger partial charge in [0.05, 0.1) is 0 Å². The Morgan fingerprint density at radius 1 is 1.42 bits per heavy atom. The van der Waals surface area contributed by atoms with Crippen LogP contribution in [0.4, 0.5) is 11.6 Å². The van der Waals surface area contributed by atoms with Crippen LogP contribution in [0.25, 0.3) is 0 Å². The molecule has 0 aliphatic carbocycles. The highest BCUT2D eigenvalue weighted by atomic mass is 32.2. The number of nitrogen functional groups attached to an aromatic ring is 1. The van der Waals surface area contributed by atoms with Gasteiger partial charge in [0.15, 0.2) is 5.82 Å². The van der Waals surface area contributed by atoms with E-state index in [0.29, 0.717) is 24.9 Å². The fourth-order valence-electron chi connectivity index (χ4n) is 2.07. The van der Waals surface area contributed by atoms with E-state index >= 15 is 0 Å². The highest BCUT2D eigenvalue weighted by molar-refractivity contribution is 7.99. The first kappa shape index (κ1) is 14.4. The quantitative estimate of drug-likeness (QED) is 0.833. The molecule has 1 aromatic heterocycles. The Morgan fingerprint density at radius 3 is 2.95 bits per heavy atom. The molecule has 0 atom stereocenters. The van der Waals surface area contributed by atoms with Crippen LogP contribution in [-0.2, 0) is 11.3 Å². The molecule has 106 valence electrons. The first-order chi connectivity index (χ1) is 9.28. The molecule has 0 bridgehead atoms. The monoisotopic (exact) mass is 282 g/mol. The fraction of sp³-hybridized carbons (Fsp3) is 0.692. The lowest BCUT2D eigenvalue weighted by Gasteiger charge is -2.21. The van der Waals surface area contributed by atoms with E-state index in [-0.39, 0.29) is 0 Å². The van der Waals surface area contributed by atoms with E-state index in [1.807, 2.05) is 18.7 Å². The van der Waals surface area contributed by atoms with Gasteiger partial charge in [-0.05, 0) is 37.2 Å². The molecule has 1 fully saturated rings. The lowest BCUT2D eigenvalue weighted by molar-refractivity contribution is 0.128. The predicted octanol–water partition coefficient (Wildman–Crippen LogP) is 2.15. The molecule has 1 aromatic rings. The van der Waals surface area contributed by atoms with Gasteiger partial charge in [0.2, 0.25) is 0 Å². The van der Waals surface area contributed by atoms with Crippen molar-refractivity contribution in [1.82, 2.24) is 9.97 Å². The van der Waals surface area contributed by atoms with Crippen LogP contribution in [0, 0.1) is 5.92 Å². The standard InChI is InChI=1S/C13H22N4OS/c1-2-18-9-13-16-11(14)7-12(17-13)15-8-10-3-5-19-6-4-10/h7,10H,2-6,8-9H2,1H3,(H3,14,15,16,17). The maximum Gasteiger partial charge on any atom is 0.158 e. The van der Waals surface area contributed by atoms with Crippen LogP contribution in [0.3, 0.4) is 0 Å². The topological polar surface area (TPSA) is 73.1 Å². The van der Waals surface area contributed by atoms with Gasteiger partial charge in [0.1, 0.15) is 18.2 Å². The third-order valence-corrected chi connectivity index (χ3v) is 4.19. The van der Waals surface area contributed by atoms with Crippen molar-refractivity contribution in [2.24, 2.45) is 5.92 Å². The zero-order valence-corrected chi connectivity index (χ0v) is 12.2. The Balaban J connectivity index is 1.89. The van der Waals surface area contributed by atoms with Gasteiger partial charge in [0.25, 0.3) is 0 Å². The van der Waals surface area contributed by atoms with Crippen molar-refractivity contribution in [2.75, 3.05) is 35.7 Å². The minimum absolute atomic E-state index is 0.413. The van der Waals surface area contributed by atoms with Gasteiger partial charge in [0, 0.05) is 19.2 Å². The Hall–Kier alpha value is -1.01. The number of ether oxygens (including phenoxy) is 1. The minimum atomic E-state index is 0.413. The molecule has 0 saturated carbocycles. The molecule has 0 aromatic carbocycles. The van der Waals surface area contributed by atoms with Gasteiger partial charge in [-0.15, -0.1) is 0 Å². The van der Waals surface area contributed by atoms with E-state index in [2.05, 4.69) is 15.3 Å². The second-order valence-corrected chi connectivity index (χ2v) is 5.89. The predicted molar refractivity (Wildman–Crippen MR) is 80.3 cm³/mol. The van der Waals surface area contributed by atoms with Crippen LogP contribution in [-0.4, -0.2) is 34.6 Å². The lowest BCUT2D eigenvalue weighted by Crippen LogP contribution is -2.20. The molecular formula is C13H22N4OS. The molecule has 0 unspecified atom stereocenters. The van der Waals surface area contributed by atoms with Gasteiger partial charge in [-0.1, -0.05) is 0 Å². The molecule has 3 N–H and O–H groups in total. The highest BCUT2D eigenvalue weighted by Crippen LogP contribution is 2.23. The molecule has 0 amide bonds. The highest BCUT2D eigenvalue weighted by Gasteiger charge is 2.13. The SMILES string of the molecule is CCOCc1nc(N)cc(NCC2CCSCC2)n1. The second kappa shape index (κ2) is 7.55. The maximum atomic E-state index is 5.79. The van der Waals surface area contributed by atoms with Crippen molar-refractivity contribution in [3.8, 4) is 0 Å². The van der Waals surface area contributed by atoms with E-state index < -0.39 is 0 Å². The molecule has 1 aliphatic heterocycles. The van der Waals surface area contributed by atoms with Crippen LogP contribution in [0.2, 0.25) is 0 Å². The zero-order chi connectivity index (χ0) is 13.5. The molecule has 2 heterocycles. The molecular weight excluding hydrogens is 260 g/mol. The van der Waals surface area contributed by atoms with Gasteiger partial charge >= 0.3 is 0 Å². The number of nitrogens with two attached hydrogens (primary N) is 1. The van der Waals surface area contributed by atoms with E-state index in [1.54, 1.807) is 6.07 Å². The average molecular weight is 282 g/mol. The van der Waals surface area contributed by atoms with E-state index in [9.17, 15) is 0 Å². The largest absolute Gasteiger partial charge is 0.384 e. The summed E-state index contributed by atoms with van der Waals surface area (Å²) in [6.45, 7) is 3.98. The number of nitrogens with one attached hydrogen (secondary N) is 1. The lowest BCUT2D eigenvalue weighted by atomic mass is 10.0. The summed E-state index contributed by atoms with van der Waals surface area (Å²) in [5.41, 5.74) is 5.79. The summed E-state index contributed by atoms with van der Waals surface area (Å²) in [7, 11) is 0. The van der Waals surface area contributed by atoms with Gasteiger partial charge in [-0.2, -0.15) is 11.8 Å². The molecule has 6 heteroatoms.